The molecule has 5 nitrogen and oxygen atoms in total. The van der Waals surface area contributed by atoms with Crippen LogP contribution in [0.5, 0.6) is 0 Å². The van der Waals surface area contributed by atoms with Crippen LogP contribution in [0.25, 0.3) is 0 Å². The van der Waals surface area contributed by atoms with Crippen LogP contribution >= 0.6 is 0 Å². The van der Waals surface area contributed by atoms with Crippen molar-refractivity contribution in [3.8, 4) is 0 Å². The summed E-state index contributed by atoms with van der Waals surface area (Å²) in [6.45, 7) is 6.06. The third-order valence-corrected chi connectivity index (χ3v) is 3.95. The van der Waals surface area contributed by atoms with Crippen LogP contribution in [0.15, 0.2) is 6.07 Å². The molecule has 2 fully saturated rings. The summed E-state index contributed by atoms with van der Waals surface area (Å²) in [5.41, 5.74) is 0. The van der Waals surface area contributed by atoms with Crippen molar-refractivity contribution >= 4 is 11.6 Å². The molecule has 1 aromatic rings. The highest BCUT2D eigenvalue weighted by molar-refractivity contribution is 5.49. The van der Waals surface area contributed by atoms with Crippen molar-refractivity contribution in [2.45, 2.75) is 57.6 Å². The average Bonchev–Trinajstić information content (AvgIpc) is 3.22. The number of anilines is 2. The van der Waals surface area contributed by atoms with E-state index in [0.29, 0.717) is 12.0 Å². The molecule has 2 atom stereocenters. The Kier molecular flexibility index (Phi) is 4.05. The van der Waals surface area contributed by atoms with Gasteiger partial charge in [-0.3, -0.25) is 0 Å². The van der Waals surface area contributed by atoms with Crippen molar-refractivity contribution in [3.63, 3.8) is 0 Å². The van der Waals surface area contributed by atoms with Crippen LogP contribution in [0.3, 0.4) is 0 Å². The Morgan fingerprint density at radius 2 is 2.05 bits per heavy atom. The molecule has 0 radical (unpaired) electrons. The standard InChI is InChI=1S/C15H24N4O/c1-3-7-16-13-9-14(17-12-6-8-20-10(12)2)19-15(18-13)11-4-5-11/h9-12H,3-8H2,1-2H3,(H2,16,17,18,19). The van der Waals surface area contributed by atoms with E-state index in [9.17, 15) is 0 Å². The minimum Gasteiger partial charge on any atom is -0.376 e. The van der Waals surface area contributed by atoms with Gasteiger partial charge in [0.05, 0.1) is 12.1 Å². The fraction of sp³-hybridized carbons (Fsp3) is 0.733. The fourth-order valence-corrected chi connectivity index (χ4v) is 2.52. The summed E-state index contributed by atoms with van der Waals surface area (Å²) in [5.74, 6) is 3.43. The third-order valence-electron chi connectivity index (χ3n) is 3.95. The normalized spacial score (nSPS) is 25.7. The van der Waals surface area contributed by atoms with Crippen molar-refractivity contribution in [1.29, 1.82) is 0 Å². The molecule has 2 heterocycles. The van der Waals surface area contributed by atoms with Gasteiger partial charge in [0.15, 0.2) is 0 Å². The Bertz CT molecular complexity index is 461. The topological polar surface area (TPSA) is 59.1 Å². The maximum atomic E-state index is 5.60. The molecular weight excluding hydrogens is 252 g/mol. The van der Waals surface area contributed by atoms with Gasteiger partial charge in [-0.25, -0.2) is 9.97 Å². The third kappa shape index (κ3) is 3.20. The van der Waals surface area contributed by atoms with E-state index in [4.69, 9.17) is 4.74 Å². The summed E-state index contributed by atoms with van der Waals surface area (Å²) >= 11 is 0. The summed E-state index contributed by atoms with van der Waals surface area (Å²) in [6, 6.07) is 2.38. The van der Waals surface area contributed by atoms with E-state index in [-0.39, 0.29) is 6.10 Å². The quantitative estimate of drug-likeness (QED) is 0.836. The summed E-state index contributed by atoms with van der Waals surface area (Å²) in [5, 5.41) is 6.89. The molecule has 2 aliphatic rings. The second-order valence-corrected chi connectivity index (χ2v) is 5.81. The number of hydrogen-bond acceptors (Lipinski definition) is 5. The second-order valence-electron chi connectivity index (χ2n) is 5.81. The highest BCUT2D eigenvalue weighted by Gasteiger charge is 2.29. The van der Waals surface area contributed by atoms with Gasteiger partial charge in [-0.2, -0.15) is 0 Å². The van der Waals surface area contributed by atoms with Crippen LogP contribution in [0.1, 0.15) is 51.3 Å². The van der Waals surface area contributed by atoms with Gasteiger partial charge >= 0.3 is 0 Å². The predicted octanol–water partition coefficient (Wildman–Crippen LogP) is 2.77. The number of nitrogens with one attached hydrogen (secondary N) is 2. The van der Waals surface area contributed by atoms with Crippen LogP contribution < -0.4 is 10.6 Å². The molecule has 1 saturated carbocycles. The van der Waals surface area contributed by atoms with Crippen LogP contribution in [-0.4, -0.2) is 35.3 Å². The van der Waals surface area contributed by atoms with Gasteiger partial charge in [-0.15, -0.1) is 0 Å². The van der Waals surface area contributed by atoms with Gasteiger partial charge in [0.1, 0.15) is 17.5 Å². The lowest BCUT2D eigenvalue weighted by Crippen LogP contribution is -2.27. The second kappa shape index (κ2) is 5.95. The van der Waals surface area contributed by atoms with Gasteiger partial charge < -0.3 is 15.4 Å². The number of hydrogen-bond donors (Lipinski definition) is 2. The van der Waals surface area contributed by atoms with E-state index in [1.54, 1.807) is 0 Å². The van der Waals surface area contributed by atoms with Crippen molar-refractivity contribution in [2.75, 3.05) is 23.8 Å². The van der Waals surface area contributed by atoms with Gasteiger partial charge in [0.2, 0.25) is 0 Å². The van der Waals surface area contributed by atoms with Crippen LogP contribution in [0.4, 0.5) is 11.6 Å². The highest BCUT2D eigenvalue weighted by atomic mass is 16.5. The zero-order valence-electron chi connectivity index (χ0n) is 12.4. The highest BCUT2D eigenvalue weighted by Crippen LogP contribution is 2.39. The summed E-state index contributed by atoms with van der Waals surface area (Å²) in [7, 11) is 0. The molecule has 1 aromatic heterocycles. The van der Waals surface area contributed by atoms with Crippen LogP contribution in [-0.2, 0) is 4.74 Å². The van der Waals surface area contributed by atoms with Crippen LogP contribution in [0.2, 0.25) is 0 Å². The molecule has 0 amide bonds. The minimum atomic E-state index is 0.251. The molecule has 110 valence electrons. The first-order valence-electron chi connectivity index (χ1n) is 7.77. The molecule has 1 saturated heterocycles. The van der Waals surface area contributed by atoms with E-state index in [2.05, 4.69) is 34.4 Å². The van der Waals surface area contributed by atoms with E-state index in [1.807, 2.05) is 6.07 Å². The molecule has 5 heteroatoms. The van der Waals surface area contributed by atoms with E-state index >= 15 is 0 Å². The SMILES string of the molecule is CCCNc1cc(NC2CCOC2C)nc(C2CC2)n1. The Hall–Kier alpha value is -1.36. The predicted molar refractivity (Wildman–Crippen MR) is 80.2 cm³/mol. The molecule has 3 rings (SSSR count). The molecule has 0 aromatic carbocycles. The molecule has 2 N–H and O–H groups in total. The Morgan fingerprint density at radius 1 is 1.25 bits per heavy atom. The first-order valence-corrected chi connectivity index (χ1v) is 7.77. The zero-order chi connectivity index (χ0) is 13.9. The first kappa shape index (κ1) is 13.6. The summed E-state index contributed by atoms with van der Waals surface area (Å²) < 4.78 is 5.60. The number of nitrogens with zero attached hydrogens (tertiary/aromatic N) is 2. The van der Waals surface area contributed by atoms with E-state index in [0.717, 1.165) is 43.5 Å². The van der Waals surface area contributed by atoms with Crippen molar-refractivity contribution in [3.05, 3.63) is 11.9 Å². The minimum absolute atomic E-state index is 0.251. The van der Waals surface area contributed by atoms with E-state index in [1.165, 1.54) is 12.8 Å². The van der Waals surface area contributed by atoms with Gasteiger partial charge in [0, 0.05) is 25.1 Å². The summed E-state index contributed by atoms with van der Waals surface area (Å²) in [4.78, 5) is 9.32. The molecule has 0 bridgehead atoms. The molecule has 1 aliphatic heterocycles. The smallest absolute Gasteiger partial charge is 0.136 e. The largest absolute Gasteiger partial charge is 0.376 e. The lowest BCUT2D eigenvalue weighted by atomic mass is 10.1. The molecular formula is C15H24N4O. The monoisotopic (exact) mass is 276 g/mol. The lowest BCUT2D eigenvalue weighted by Gasteiger charge is -2.18. The lowest BCUT2D eigenvalue weighted by molar-refractivity contribution is 0.121. The van der Waals surface area contributed by atoms with Gasteiger partial charge in [-0.05, 0) is 32.6 Å². The number of rotatable bonds is 6. The molecule has 2 unspecified atom stereocenters. The van der Waals surface area contributed by atoms with Gasteiger partial charge in [0.25, 0.3) is 0 Å². The fourth-order valence-electron chi connectivity index (χ4n) is 2.52. The van der Waals surface area contributed by atoms with Crippen molar-refractivity contribution in [1.82, 2.24) is 9.97 Å². The van der Waals surface area contributed by atoms with Crippen molar-refractivity contribution in [2.24, 2.45) is 0 Å². The number of ether oxygens (including phenoxy) is 1. The molecule has 20 heavy (non-hydrogen) atoms. The summed E-state index contributed by atoms with van der Waals surface area (Å²) in [6.07, 6.45) is 4.83. The van der Waals surface area contributed by atoms with Crippen LogP contribution in [0, 0.1) is 0 Å². The average molecular weight is 276 g/mol. The van der Waals surface area contributed by atoms with E-state index < -0.39 is 0 Å². The Morgan fingerprint density at radius 3 is 2.70 bits per heavy atom. The maximum absolute atomic E-state index is 5.60. The Labute approximate surface area is 120 Å². The molecule has 0 spiro atoms. The zero-order valence-corrected chi connectivity index (χ0v) is 12.4. The first-order chi connectivity index (χ1) is 9.76. The number of aromatic nitrogens is 2. The Balaban J connectivity index is 1.75. The van der Waals surface area contributed by atoms with Gasteiger partial charge in [-0.1, -0.05) is 6.92 Å². The van der Waals surface area contributed by atoms with Crippen molar-refractivity contribution < 1.29 is 4.74 Å². The maximum Gasteiger partial charge on any atom is 0.136 e. The molecule has 1 aliphatic carbocycles.